The minimum atomic E-state index is 0.412. The fourth-order valence-corrected chi connectivity index (χ4v) is 1.94. The molecule has 1 fully saturated rings. The molecular weight excluding hydrogens is 162 g/mol. The standard InChI is InChI=1S/C11H23NO/c1-4-6-12-8-11(10(2)3)5-7-13-9-11/h10,12H,4-9H2,1-3H3. The molecule has 1 rings (SSSR count). The van der Waals surface area contributed by atoms with E-state index in [1.165, 1.54) is 12.8 Å². The average molecular weight is 185 g/mol. The largest absolute Gasteiger partial charge is 0.381 e. The predicted octanol–water partition coefficient (Wildman–Crippen LogP) is 2.05. The highest BCUT2D eigenvalue weighted by Gasteiger charge is 2.37. The van der Waals surface area contributed by atoms with Crippen molar-refractivity contribution in [1.29, 1.82) is 0 Å². The first kappa shape index (κ1) is 11.0. The van der Waals surface area contributed by atoms with Gasteiger partial charge in [-0.25, -0.2) is 0 Å². The van der Waals surface area contributed by atoms with Crippen LogP contribution in [-0.4, -0.2) is 26.3 Å². The van der Waals surface area contributed by atoms with Gasteiger partial charge in [0.15, 0.2) is 0 Å². The molecule has 1 atom stereocenters. The first-order valence-electron chi connectivity index (χ1n) is 5.50. The van der Waals surface area contributed by atoms with E-state index in [1.54, 1.807) is 0 Å². The predicted molar refractivity (Wildman–Crippen MR) is 55.9 cm³/mol. The lowest BCUT2D eigenvalue weighted by atomic mass is 9.76. The van der Waals surface area contributed by atoms with Crippen molar-refractivity contribution in [3.8, 4) is 0 Å². The van der Waals surface area contributed by atoms with Gasteiger partial charge in [-0.2, -0.15) is 0 Å². The zero-order valence-corrected chi connectivity index (χ0v) is 9.23. The van der Waals surface area contributed by atoms with Crippen molar-refractivity contribution < 1.29 is 4.74 Å². The molecule has 0 spiro atoms. The highest BCUT2D eigenvalue weighted by atomic mass is 16.5. The molecule has 0 aliphatic carbocycles. The van der Waals surface area contributed by atoms with E-state index in [1.807, 2.05) is 0 Å². The van der Waals surface area contributed by atoms with E-state index in [-0.39, 0.29) is 0 Å². The Morgan fingerprint density at radius 2 is 2.23 bits per heavy atom. The van der Waals surface area contributed by atoms with E-state index < -0.39 is 0 Å². The van der Waals surface area contributed by atoms with E-state index in [2.05, 4.69) is 26.1 Å². The van der Waals surface area contributed by atoms with Crippen molar-refractivity contribution >= 4 is 0 Å². The second-order valence-corrected chi connectivity index (χ2v) is 4.50. The molecule has 2 nitrogen and oxygen atoms in total. The number of ether oxygens (including phenoxy) is 1. The quantitative estimate of drug-likeness (QED) is 0.662. The van der Waals surface area contributed by atoms with E-state index >= 15 is 0 Å². The van der Waals surface area contributed by atoms with Gasteiger partial charge in [0, 0.05) is 18.6 Å². The molecular formula is C11H23NO. The summed E-state index contributed by atoms with van der Waals surface area (Å²) in [5, 5.41) is 3.52. The van der Waals surface area contributed by atoms with Gasteiger partial charge in [-0.1, -0.05) is 20.8 Å². The smallest absolute Gasteiger partial charge is 0.0537 e. The molecule has 78 valence electrons. The van der Waals surface area contributed by atoms with Gasteiger partial charge in [0.2, 0.25) is 0 Å². The molecule has 0 aromatic rings. The van der Waals surface area contributed by atoms with Crippen molar-refractivity contribution in [3.63, 3.8) is 0 Å². The highest BCUT2D eigenvalue weighted by Crippen LogP contribution is 2.35. The van der Waals surface area contributed by atoms with Crippen LogP contribution in [0.3, 0.4) is 0 Å². The van der Waals surface area contributed by atoms with Crippen molar-refractivity contribution in [2.75, 3.05) is 26.3 Å². The zero-order valence-electron chi connectivity index (χ0n) is 9.23. The molecule has 0 aromatic heterocycles. The van der Waals surface area contributed by atoms with Gasteiger partial charge in [0.25, 0.3) is 0 Å². The van der Waals surface area contributed by atoms with Gasteiger partial charge in [-0.05, 0) is 25.3 Å². The summed E-state index contributed by atoms with van der Waals surface area (Å²) in [5.41, 5.74) is 0.412. The van der Waals surface area contributed by atoms with E-state index in [0.717, 1.165) is 32.2 Å². The summed E-state index contributed by atoms with van der Waals surface area (Å²) in [6, 6.07) is 0. The Labute approximate surface area is 82.0 Å². The zero-order chi connectivity index (χ0) is 9.73. The third-order valence-electron chi connectivity index (χ3n) is 3.26. The topological polar surface area (TPSA) is 21.3 Å². The number of nitrogens with one attached hydrogen (secondary N) is 1. The Balaban J connectivity index is 2.38. The lowest BCUT2D eigenvalue weighted by Crippen LogP contribution is -2.39. The second-order valence-electron chi connectivity index (χ2n) is 4.50. The lowest BCUT2D eigenvalue weighted by molar-refractivity contribution is 0.118. The summed E-state index contributed by atoms with van der Waals surface area (Å²) < 4.78 is 5.51. The Bertz CT molecular complexity index is 139. The number of rotatable bonds is 5. The van der Waals surface area contributed by atoms with Gasteiger partial charge in [-0.3, -0.25) is 0 Å². The Morgan fingerprint density at radius 3 is 2.69 bits per heavy atom. The second kappa shape index (κ2) is 4.97. The van der Waals surface area contributed by atoms with E-state index in [0.29, 0.717) is 5.41 Å². The van der Waals surface area contributed by atoms with Gasteiger partial charge < -0.3 is 10.1 Å². The summed E-state index contributed by atoms with van der Waals surface area (Å²) in [4.78, 5) is 0. The minimum Gasteiger partial charge on any atom is -0.381 e. The van der Waals surface area contributed by atoms with E-state index in [4.69, 9.17) is 4.74 Å². The van der Waals surface area contributed by atoms with Gasteiger partial charge in [-0.15, -0.1) is 0 Å². The van der Waals surface area contributed by atoms with Crippen molar-refractivity contribution in [2.45, 2.75) is 33.6 Å². The molecule has 1 aliphatic heterocycles. The Hall–Kier alpha value is -0.0800. The first-order valence-corrected chi connectivity index (χ1v) is 5.50. The van der Waals surface area contributed by atoms with Gasteiger partial charge in [0.1, 0.15) is 0 Å². The maximum absolute atomic E-state index is 5.51. The van der Waals surface area contributed by atoms with Crippen molar-refractivity contribution in [2.24, 2.45) is 11.3 Å². The third-order valence-corrected chi connectivity index (χ3v) is 3.26. The number of hydrogen-bond donors (Lipinski definition) is 1. The van der Waals surface area contributed by atoms with Crippen LogP contribution >= 0.6 is 0 Å². The van der Waals surface area contributed by atoms with Crippen molar-refractivity contribution in [1.82, 2.24) is 5.32 Å². The fraction of sp³-hybridized carbons (Fsp3) is 1.00. The molecule has 1 N–H and O–H groups in total. The third kappa shape index (κ3) is 2.68. The molecule has 0 bridgehead atoms. The molecule has 1 saturated heterocycles. The normalized spacial score (nSPS) is 28.6. The van der Waals surface area contributed by atoms with Gasteiger partial charge >= 0.3 is 0 Å². The summed E-state index contributed by atoms with van der Waals surface area (Å²) >= 11 is 0. The van der Waals surface area contributed by atoms with Crippen LogP contribution in [0, 0.1) is 11.3 Å². The average Bonchev–Trinajstić information content (AvgIpc) is 2.55. The summed E-state index contributed by atoms with van der Waals surface area (Å²) in [6.07, 6.45) is 2.44. The molecule has 0 radical (unpaired) electrons. The molecule has 0 aromatic carbocycles. The molecule has 0 saturated carbocycles. The van der Waals surface area contributed by atoms with Crippen LogP contribution in [0.25, 0.3) is 0 Å². The molecule has 1 aliphatic rings. The van der Waals surface area contributed by atoms with Crippen LogP contribution in [0.2, 0.25) is 0 Å². The fourth-order valence-electron chi connectivity index (χ4n) is 1.94. The monoisotopic (exact) mass is 185 g/mol. The molecule has 1 unspecified atom stereocenters. The molecule has 13 heavy (non-hydrogen) atoms. The van der Waals surface area contributed by atoms with Crippen LogP contribution in [0.4, 0.5) is 0 Å². The van der Waals surface area contributed by atoms with Crippen LogP contribution < -0.4 is 5.32 Å². The van der Waals surface area contributed by atoms with E-state index in [9.17, 15) is 0 Å². The maximum atomic E-state index is 5.51. The van der Waals surface area contributed by atoms with Crippen LogP contribution in [0.5, 0.6) is 0 Å². The Kier molecular flexibility index (Phi) is 4.20. The molecule has 2 heteroatoms. The van der Waals surface area contributed by atoms with Crippen molar-refractivity contribution in [3.05, 3.63) is 0 Å². The summed E-state index contributed by atoms with van der Waals surface area (Å²) in [7, 11) is 0. The lowest BCUT2D eigenvalue weighted by Gasteiger charge is -2.32. The van der Waals surface area contributed by atoms with Gasteiger partial charge in [0.05, 0.1) is 6.61 Å². The maximum Gasteiger partial charge on any atom is 0.0537 e. The molecule has 0 amide bonds. The molecule has 1 heterocycles. The summed E-state index contributed by atoms with van der Waals surface area (Å²) in [5.74, 6) is 0.722. The van der Waals surface area contributed by atoms with Crippen LogP contribution in [0.15, 0.2) is 0 Å². The highest BCUT2D eigenvalue weighted by molar-refractivity contribution is 4.87. The number of hydrogen-bond acceptors (Lipinski definition) is 2. The van der Waals surface area contributed by atoms with Crippen LogP contribution in [-0.2, 0) is 4.74 Å². The minimum absolute atomic E-state index is 0.412. The SMILES string of the molecule is CCCNCC1(C(C)C)CCOC1. The first-order chi connectivity index (χ1) is 6.21. The summed E-state index contributed by atoms with van der Waals surface area (Å²) in [6.45, 7) is 11.0. The Morgan fingerprint density at radius 1 is 1.46 bits per heavy atom. The van der Waals surface area contributed by atoms with Crippen LogP contribution in [0.1, 0.15) is 33.6 Å².